The maximum absolute atomic E-state index is 12.2. The molecule has 0 amide bonds. The molecule has 26 heavy (non-hydrogen) atoms. The predicted molar refractivity (Wildman–Crippen MR) is 95.3 cm³/mol. The third-order valence-electron chi connectivity index (χ3n) is 3.84. The second kappa shape index (κ2) is 8.77. The average molecular weight is 355 g/mol. The van der Waals surface area contributed by atoms with Gasteiger partial charge < -0.3 is 18.9 Å². The number of rotatable bonds is 7. The number of carbonyl (C=O) groups is 1. The second-order valence-corrected chi connectivity index (χ2v) is 5.64. The Morgan fingerprint density at radius 1 is 1.12 bits per heavy atom. The molecule has 0 N–H and O–H groups in total. The standard InChI is InChI=1S/C20H21NO5/c1-13-9-18(23-3)19(24-4)10-16(13)12-25-20(22)14(2)26-17-7-5-15(11-21)6-8-17/h5-10,14H,12H2,1-4H3/t14-/m1/s1. The van der Waals surface area contributed by atoms with Gasteiger partial charge >= 0.3 is 5.97 Å². The molecular weight excluding hydrogens is 334 g/mol. The minimum Gasteiger partial charge on any atom is -0.493 e. The molecule has 0 aromatic heterocycles. The topological polar surface area (TPSA) is 77.8 Å². The van der Waals surface area contributed by atoms with Crippen molar-refractivity contribution in [2.75, 3.05) is 14.2 Å². The van der Waals surface area contributed by atoms with Crippen LogP contribution >= 0.6 is 0 Å². The Kier molecular flexibility index (Phi) is 6.45. The fraction of sp³-hybridized carbons (Fsp3) is 0.300. The van der Waals surface area contributed by atoms with Crippen molar-refractivity contribution in [2.24, 2.45) is 0 Å². The Hall–Kier alpha value is -3.20. The second-order valence-electron chi connectivity index (χ2n) is 5.64. The first-order valence-electron chi connectivity index (χ1n) is 8.03. The molecule has 0 spiro atoms. The van der Waals surface area contributed by atoms with E-state index in [1.807, 2.05) is 19.1 Å². The van der Waals surface area contributed by atoms with Crippen LogP contribution in [0.3, 0.4) is 0 Å². The van der Waals surface area contributed by atoms with Crippen LogP contribution in [0.4, 0.5) is 0 Å². The normalized spacial score (nSPS) is 11.2. The van der Waals surface area contributed by atoms with E-state index < -0.39 is 12.1 Å². The Morgan fingerprint density at radius 3 is 2.31 bits per heavy atom. The van der Waals surface area contributed by atoms with E-state index >= 15 is 0 Å². The summed E-state index contributed by atoms with van der Waals surface area (Å²) in [7, 11) is 3.12. The minimum atomic E-state index is -0.775. The van der Waals surface area contributed by atoms with Crippen LogP contribution in [0.15, 0.2) is 36.4 Å². The lowest BCUT2D eigenvalue weighted by atomic mass is 10.1. The van der Waals surface area contributed by atoms with E-state index in [0.29, 0.717) is 22.8 Å². The molecule has 6 nitrogen and oxygen atoms in total. The Bertz CT molecular complexity index is 808. The predicted octanol–water partition coefficient (Wildman–Crippen LogP) is 3.39. The molecule has 0 saturated heterocycles. The fourth-order valence-corrected chi connectivity index (χ4v) is 2.30. The lowest BCUT2D eigenvalue weighted by molar-refractivity contribution is -0.152. The molecule has 0 unspecified atom stereocenters. The molecular formula is C20H21NO5. The lowest BCUT2D eigenvalue weighted by Crippen LogP contribution is -2.26. The van der Waals surface area contributed by atoms with Crippen LogP contribution in [0.2, 0.25) is 0 Å². The number of hydrogen-bond acceptors (Lipinski definition) is 6. The molecule has 0 aliphatic rings. The van der Waals surface area contributed by atoms with Gasteiger partial charge in [0.2, 0.25) is 0 Å². The van der Waals surface area contributed by atoms with Gasteiger partial charge in [0.05, 0.1) is 25.9 Å². The van der Waals surface area contributed by atoms with Gasteiger partial charge in [0.1, 0.15) is 12.4 Å². The van der Waals surface area contributed by atoms with Gasteiger partial charge in [0.15, 0.2) is 17.6 Å². The van der Waals surface area contributed by atoms with Gasteiger partial charge in [-0.15, -0.1) is 0 Å². The monoisotopic (exact) mass is 355 g/mol. The van der Waals surface area contributed by atoms with E-state index in [2.05, 4.69) is 0 Å². The first-order valence-corrected chi connectivity index (χ1v) is 8.03. The quantitative estimate of drug-likeness (QED) is 0.709. The summed E-state index contributed by atoms with van der Waals surface area (Å²) in [6.45, 7) is 3.62. The summed E-state index contributed by atoms with van der Waals surface area (Å²) in [4.78, 5) is 12.2. The molecule has 0 heterocycles. The molecule has 1 atom stereocenters. The Labute approximate surface area is 152 Å². The van der Waals surface area contributed by atoms with Crippen LogP contribution in [-0.4, -0.2) is 26.3 Å². The van der Waals surface area contributed by atoms with Crippen molar-refractivity contribution in [3.05, 3.63) is 53.1 Å². The summed E-state index contributed by atoms with van der Waals surface area (Å²) >= 11 is 0. The molecule has 2 aromatic rings. The van der Waals surface area contributed by atoms with Crippen LogP contribution in [0.1, 0.15) is 23.6 Å². The highest BCUT2D eigenvalue weighted by Gasteiger charge is 2.18. The number of aryl methyl sites for hydroxylation is 1. The van der Waals surface area contributed by atoms with Crippen molar-refractivity contribution in [1.29, 1.82) is 5.26 Å². The number of nitriles is 1. The summed E-state index contributed by atoms with van der Waals surface area (Å²) in [5, 5.41) is 8.79. The van der Waals surface area contributed by atoms with Crippen molar-refractivity contribution in [1.82, 2.24) is 0 Å². The van der Waals surface area contributed by atoms with Crippen molar-refractivity contribution in [3.63, 3.8) is 0 Å². The zero-order valence-electron chi connectivity index (χ0n) is 15.2. The SMILES string of the molecule is COc1cc(C)c(COC(=O)[C@@H](C)Oc2ccc(C#N)cc2)cc1OC. The number of hydrogen-bond donors (Lipinski definition) is 0. The van der Waals surface area contributed by atoms with Gasteiger partial charge in [-0.05, 0) is 61.4 Å². The zero-order valence-corrected chi connectivity index (χ0v) is 15.2. The summed E-state index contributed by atoms with van der Waals surface area (Å²) in [5.41, 5.74) is 2.27. The summed E-state index contributed by atoms with van der Waals surface area (Å²) in [5.74, 6) is 1.21. The maximum atomic E-state index is 12.2. The average Bonchev–Trinajstić information content (AvgIpc) is 2.66. The summed E-state index contributed by atoms with van der Waals surface area (Å²) < 4.78 is 21.4. The number of ether oxygens (including phenoxy) is 4. The van der Waals surface area contributed by atoms with Crippen LogP contribution in [0.25, 0.3) is 0 Å². The lowest BCUT2D eigenvalue weighted by Gasteiger charge is -2.16. The molecule has 0 aliphatic carbocycles. The fourth-order valence-electron chi connectivity index (χ4n) is 2.30. The molecule has 2 rings (SSSR count). The molecule has 6 heteroatoms. The molecule has 0 aliphatic heterocycles. The zero-order chi connectivity index (χ0) is 19.1. The molecule has 0 radical (unpaired) electrons. The van der Waals surface area contributed by atoms with Gasteiger partial charge in [-0.3, -0.25) is 0 Å². The van der Waals surface area contributed by atoms with Gasteiger partial charge in [-0.2, -0.15) is 5.26 Å². The van der Waals surface area contributed by atoms with Crippen molar-refractivity contribution >= 4 is 5.97 Å². The smallest absolute Gasteiger partial charge is 0.347 e. The molecule has 136 valence electrons. The highest BCUT2D eigenvalue weighted by atomic mass is 16.6. The molecule has 0 fully saturated rings. The highest BCUT2D eigenvalue weighted by Crippen LogP contribution is 2.30. The van der Waals surface area contributed by atoms with Crippen LogP contribution in [0, 0.1) is 18.3 Å². The Balaban J connectivity index is 1.98. The van der Waals surface area contributed by atoms with Crippen LogP contribution in [-0.2, 0) is 16.1 Å². The largest absolute Gasteiger partial charge is 0.493 e. The third kappa shape index (κ3) is 4.67. The number of esters is 1. The van der Waals surface area contributed by atoms with E-state index in [1.165, 1.54) is 0 Å². The van der Waals surface area contributed by atoms with Crippen molar-refractivity contribution in [2.45, 2.75) is 26.6 Å². The van der Waals surface area contributed by atoms with Crippen LogP contribution in [0.5, 0.6) is 17.2 Å². The van der Waals surface area contributed by atoms with Crippen molar-refractivity contribution < 1.29 is 23.7 Å². The first kappa shape index (κ1) is 19.1. The van der Waals surface area contributed by atoms with Gasteiger partial charge in [-0.25, -0.2) is 4.79 Å². The van der Waals surface area contributed by atoms with Gasteiger partial charge in [0, 0.05) is 0 Å². The van der Waals surface area contributed by atoms with Crippen LogP contribution < -0.4 is 14.2 Å². The van der Waals surface area contributed by atoms with E-state index in [9.17, 15) is 4.79 Å². The summed E-state index contributed by atoms with van der Waals surface area (Å²) in [6, 6.07) is 12.2. The highest BCUT2D eigenvalue weighted by molar-refractivity contribution is 5.74. The van der Waals surface area contributed by atoms with Gasteiger partial charge in [-0.1, -0.05) is 0 Å². The van der Waals surface area contributed by atoms with E-state index in [4.69, 9.17) is 24.2 Å². The van der Waals surface area contributed by atoms with Crippen molar-refractivity contribution in [3.8, 4) is 23.3 Å². The Morgan fingerprint density at radius 2 is 1.73 bits per heavy atom. The molecule has 2 aromatic carbocycles. The molecule has 0 bridgehead atoms. The number of benzene rings is 2. The van der Waals surface area contributed by atoms with Gasteiger partial charge in [0.25, 0.3) is 0 Å². The summed E-state index contributed by atoms with van der Waals surface area (Å²) in [6.07, 6.45) is -0.775. The van der Waals surface area contributed by atoms with E-state index in [-0.39, 0.29) is 6.61 Å². The van der Waals surface area contributed by atoms with E-state index in [1.54, 1.807) is 51.5 Å². The molecule has 0 saturated carbocycles. The number of methoxy groups -OCH3 is 2. The minimum absolute atomic E-state index is 0.103. The van der Waals surface area contributed by atoms with E-state index in [0.717, 1.165) is 11.1 Å². The number of carbonyl (C=O) groups excluding carboxylic acids is 1. The third-order valence-corrected chi connectivity index (χ3v) is 3.84. The maximum Gasteiger partial charge on any atom is 0.347 e. The first-order chi connectivity index (χ1) is 12.5. The number of nitrogens with zero attached hydrogens (tertiary/aromatic N) is 1.